The third-order valence-corrected chi connectivity index (χ3v) is 4.00. The molecule has 1 atom stereocenters. The van der Waals surface area contributed by atoms with Crippen LogP contribution in [0.5, 0.6) is 0 Å². The molecule has 1 aromatic carbocycles. The van der Waals surface area contributed by atoms with Gasteiger partial charge in [-0.3, -0.25) is 19.6 Å². The van der Waals surface area contributed by atoms with Crippen molar-refractivity contribution < 1.29 is 4.79 Å². The first-order valence-electron chi connectivity index (χ1n) is 8.13. The zero-order chi connectivity index (χ0) is 18.5. The predicted octanol–water partition coefficient (Wildman–Crippen LogP) is 1.50. The molecule has 26 heavy (non-hydrogen) atoms. The van der Waals surface area contributed by atoms with Gasteiger partial charge >= 0.3 is 0 Å². The maximum absolute atomic E-state index is 12.6. The quantitative estimate of drug-likeness (QED) is 0.646. The van der Waals surface area contributed by atoms with E-state index in [2.05, 4.69) is 20.3 Å². The highest BCUT2D eigenvalue weighted by molar-refractivity contribution is 5.79. The number of aromatic amines is 1. The fourth-order valence-corrected chi connectivity index (χ4v) is 2.80. The Labute approximate surface area is 150 Å². The molecule has 0 fully saturated rings. The van der Waals surface area contributed by atoms with Crippen LogP contribution in [0.1, 0.15) is 28.4 Å². The van der Waals surface area contributed by atoms with Gasteiger partial charge in [-0.25, -0.2) is 4.98 Å². The molecule has 132 valence electrons. The smallest absolute Gasteiger partial charge is 0.252 e. The molecule has 7 nitrogen and oxygen atoms in total. The molecule has 0 aliphatic rings. The number of aromatic nitrogens is 3. The highest BCUT2D eigenvalue weighted by atomic mass is 16.1. The maximum atomic E-state index is 12.6. The number of hydrogen-bond acceptors (Lipinski definition) is 5. The van der Waals surface area contributed by atoms with Gasteiger partial charge < -0.3 is 11.1 Å². The number of nitrogen functional groups attached to an aromatic ring is 1. The maximum Gasteiger partial charge on any atom is 0.252 e. The molecule has 0 saturated carbocycles. The number of benzene rings is 1. The number of carbonyl (C=O) groups is 1. The Hall–Kier alpha value is -3.48. The summed E-state index contributed by atoms with van der Waals surface area (Å²) in [5, 5.41) is 3.02. The summed E-state index contributed by atoms with van der Waals surface area (Å²) in [7, 11) is 0. The number of nitrogens with two attached hydrogens (primary N) is 1. The molecule has 0 radical (unpaired) electrons. The number of nitrogens with one attached hydrogen (secondary N) is 2. The van der Waals surface area contributed by atoms with Gasteiger partial charge in [0.05, 0.1) is 18.2 Å². The summed E-state index contributed by atoms with van der Waals surface area (Å²) in [6.45, 7) is 1.99. The highest BCUT2D eigenvalue weighted by Crippen LogP contribution is 2.24. The zero-order valence-electron chi connectivity index (χ0n) is 14.3. The van der Waals surface area contributed by atoms with Gasteiger partial charge in [-0.2, -0.15) is 0 Å². The van der Waals surface area contributed by atoms with E-state index >= 15 is 0 Å². The van der Waals surface area contributed by atoms with E-state index < -0.39 is 0 Å². The monoisotopic (exact) mass is 349 g/mol. The number of aryl methyl sites for hydroxylation is 1. The van der Waals surface area contributed by atoms with E-state index in [4.69, 9.17) is 5.73 Å². The van der Waals surface area contributed by atoms with E-state index in [1.54, 1.807) is 12.4 Å². The van der Waals surface area contributed by atoms with E-state index in [0.29, 0.717) is 5.69 Å². The number of anilines is 1. The van der Waals surface area contributed by atoms with Crippen molar-refractivity contribution in [2.45, 2.75) is 19.4 Å². The van der Waals surface area contributed by atoms with Crippen molar-refractivity contribution >= 4 is 11.9 Å². The lowest BCUT2D eigenvalue weighted by Crippen LogP contribution is -2.31. The van der Waals surface area contributed by atoms with Crippen LogP contribution in [-0.4, -0.2) is 20.9 Å². The number of pyridine rings is 1. The Morgan fingerprint density at radius 1 is 1.23 bits per heavy atom. The number of rotatable bonds is 5. The van der Waals surface area contributed by atoms with Crippen LogP contribution in [0.2, 0.25) is 0 Å². The van der Waals surface area contributed by atoms with Gasteiger partial charge in [-0.05, 0) is 35.7 Å². The van der Waals surface area contributed by atoms with Gasteiger partial charge in [-0.1, -0.05) is 24.3 Å². The van der Waals surface area contributed by atoms with Crippen LogP contribution in [0.25, 0.3) is 0 Å². The molecule has 0 aliphatic heterocycles. The lowest BCUT2D eigenvalue weighted by atomic mass is 9.95. The molecule has 2 aromatic heterocycles. The first-order chi connectivity index (χ1) is 12.5. The van der Waals surface area contributed by atoms with Crippen LogP contribution in [0, 0.1) is 6.92 Å². The predicted molar refractivity (Wildman–Crippen MR) is 98.4 cm³/mol. The molecule has 3 rings (SSSR count). The molecule has 3 aromatic rings. The summed E-state index contributed by atoms with van der Waals surface area (Å²) in [5.74, 6) is -0.266. The Morgan fingerprint density at radius 2 is 1.96 bits per heavy atom. The molecule has 1 unspecified atom stereocenters. The summed E-state index contributed by atoms with van der Waals surface area (Å²) < 4.78 is 0. The van der Waals surface area contributed by atoms with Crippen molar-refractivity contribution in [1.82, 2.24) is 20.3 Å². The SMILES string of the molecule is Cc1ccccc1C(NC(=O)Cc1cc(=O)[nH]c(N)n1)c1ccncc1. The van der Waals surface area contributed by atoms with E-state index in [-0.39, 0.29) is 29.9 Å². The molecule has 0 spiro atoms. The van der Waals surface area contributed by atoms with Crippen LogP contribution < -0.4 is 16.6 Å². The topological polar surface area (TPSA) is 114 Å². The molecule has 2 heterocycles. The average molecular weight is 349 g/mol. The zero-order valence-corrected chi connectivity index (χ0v) is 14.3. The van der Waals surface area contributed by atoms with Crippen LogP contribution in [0.15, 0.2) is 59.7 Å². The largest absolute Gasteiger partial charge is 0.369 e. The summed E-state index contributed by atoms with van der Waals surface area (Å²) in [5.41, 5.74) is 8.44. The Morgan fingerprint density at radius 3 is 2.65 bits per heavy atom. The third-order valence-electron chi connectivity index (χ3n) is 4.00. The average Bonchev–Trinajstić information content (AvgIpc) is 2.60. The summed E-state index contributed by atoms with van der Waals surface area (Å²) in [6, 6.07) is 12.5. The Bertz CT molecular complexity index is 969. The number of nitrogens with zero attached hydrogens (tertiary/aromatic N) is 2. The van der Waals surface area contributed by atoms with Crippen molar-refractivity contribution in [3.63, 3.8) is 0 Å². The minimum atomic E-state index is -0.384. The van der Waals surface area contributed by atoms with Gasteiger partial charge in [0.1, 0.15) is 0 Å². The molecule has 1 amide bonds. The summed E-state index contributed by atoms with van der Waals surface area (Å²) in [6.07, 6.45) is 3.33. The second-order valence-corrected chi connectivity index (χ2v) is 5.94. The van der Waals surface area contributed by atoms with E-state index in [1.165, 1.54) is 6.07 Å². The fraction of sp³-hybridized carbons (Fsp3) is 0.158. The second kappa shape index (κ2) is 7.60. The minimum absolute atomic E-state index is 0.00936. The number of amides is 1. The fourth-order valence-electron chi connectivity index (χ4n) is 2.80. The lowest BCUT2D eigenvalue weighted by Gasteiger charge is -2.21. The van der Waals surface area contributed by atoms with Crippen molar-refractivity contribution in [2.75, 3.05) is 5.73 Å². The van der Waals surface area contributed by atoms with Crippen molar-refractivity contribution in [3.05, 3.63) is 87.6 Å². The molecule has 0 aliphatic carbocycles. The molecule has 7 heteroatoms. The third kappa shape index (κ3) is 4.13. The Balaban J connectivity index is 1.87. The van der Waals surface area contributed by atoms with Gasteiger partial charge in [0.25, 0.3) is 5.56 Å². The number of H-pyrrole nitrogens is 1. The van der Waals surface area contributed by atoms with Crippen LogP contribution in [-0.2, 0) is 11.2 Å². The second-order valence-electron chi connectivity index (χ2n) is 5.94. The number of hydrogen-bond donors (Lipinski definition) is 3. The van der Waals surface area contributed by atoms with Crippen molar-refractivity contribution in [3.8, 4) is 0 Å². The van der Waals surface area contributed by atoms with E-state index in [1.807, 2.05) is 43.3 Å². The highest BCUT2D eigenvalue weighted by Gasteiger charge is 2.19. The van der Waals surface area contributed by atoms with Gasteiger partial charge in [0.15, 0.2) is 0 Å². The molecule has 0 saturated heterocycles. The molecular weight excluding hydrogens is 330 g/mol. The summed E-state index contributed by atoms with van der Waals surface area (Å²) in [4.78, 5) is 34.5. The van der Waals surface area contributed by atoms with Crippen molar-refractivity contribution in [1.29, 1.82) is 0 Å². The van der Waals surface area contributed by atoms with Crippen LogP contribution in [0.4, 0.5) is 5.95 Å². The standard InChI is InChI=1S/C19H19N5O2/c1-12-4-2-3-5-15(12)18(13-6-8-21-9-7-13)23-16(25)10-14-11-17(26)24-19(20)22-14/h2-9,11,18H,10H2,1H3,(H,23,25)(H3,20,22,24,26). The minimum Gasteiger partial charge on any atom is -0.369 e. The molecular formula is C19H19N5O2. The van der Waals surface area contributed by atoms with Crippen LogP contribution in [0.3, 0.4) is 0 Å². The normalized spacial score (nSPS) is 11.7. The van der Waals surface area contributed by atoms with E-state index in [0.717, 1.165) is 16.7 Å². The molecule has 4 N–H and O–H groups in total. The number of carbonyl (C=O) groups excluding carboxylic acids is 1. The first kappa shape index (κ1) is 17.3. The van der Waals surface area contributed by atoms with E-state index in [9.17, 15) is 9.59 Å². The molecule has 0 bridgehead atoms. The first-order valence-corrected chi connectivity index (χ1v) is 8.13. The summed E-state index contributed by atoms with van der Waals surface area (Å²) >= 11 is 0. The van der Waals surface area contributed by atoms with Gasteiger partial charge in [0.2, 0.25) is 11.9 Å². The van der Waals surface area contributed by atoms with Crippen molar-refractivity contribution in [2.24, 2.45) is 0 Å². The van der Waals surface area contributed by atoms with Gasteiger partial charge in [0, 0.05) is 18.5 Å². The van der Waals surface area contributed by atoms with Crippen LogP contribution >= 0.6 is 0 Å². The lowest BCUT2D eigenvalue weighted by molar-refractivity contribution is -0.121. The Kier molecular flexibility index (Phi) is 5.07. The van der Waals surface area contributed by atoms with Gasteiger partial charge in [-0.15, -0.1) is 0 Å².